The Morgan fingerprint density at radius 3 is 3.00 bits per heavy atom. The van der Waals surface area contributed by atoms with Crippen molar-refractivity contribution >= 4 is 0 Å². The molecule has 0 amide bonds. The van der Waals surface area contributed by atoms with E-state index in [2.05, 4.69) is 10.3 Å². The summed E-state index contributed by atoms with van der Waals surface area (Å²) in [6.07, 6.45) is 0.777. The smallest absolute Gasteiger partial charge is 0.254 e. The Morgan fingerprint density at radius 2 is 2.23 bits per heavy atom. The summed E-state index contributed by atoms with van der Waals surface area (Å²) < 4.78 is 0. The van der Waals surface area contributed by atoms with Crippen LogP contribution >= 0.6 is 0 Å². The molecule has 4 heteroatoms. The van der Waals surface area contributed by atoms with Gasteiger partial charge in [-0.25, -0.2) is 0 Å². The highest BCUT2D eigenvalue weighted by atomic mass is 16.3. The Morgan fingerprint density at radius 1 is 1.46 bits per heavy atom. The summed E-state index contributed by atoms with van der Waals surface area (Å²) in [5, 5.41) is 12.8. The first-order valence-corrected chi connectivity index (χ1v) is 4.34. The summed E-state index contributed by atoms with van der Waals surface area (Å²) in [4.78, 5) is 14.0. The lowest BCUT2D eigenvalue weighted by atomic mass is 10.0. The molecule has 0 unspecified atom stereocenters. The number of fused-ring (bicyclic) bond motifs is 1. The van der Waals surface area contributed by atoms with E-state index in [1.165, 1.54) is 0 Å². The quantitative estimate of drug-likeness (QED) is 0.528. The molecule has 0 saturated heterocycles. The fraction of sp³-hybridized carbons (Fsp3) is 0.444. The van der Waals surface area contributed by atoms with E-state index in [1.54, 1.807) is 6.92 Å². The zero-order chi connectivity index (χ0) is 9.42. The lowest BCUT2D eigenvalue weighted by Gasteiger charge is -2.18. The van der Waals surface area contributed by atoms with Crippen LogP contribution in [0.15, 0.2) is 4.79 Å². The van der Waals surface area contributed by atoms with Gasteiger partial charge in [0.05, 0.1) is 5.56 Å². The Balaban J connectivity index is 2.67. The van der Waals surface area contributed by atoms with Gasteiger partial charge in [-0.3, -0.25) is 4.79 Å². The summed E-state index contributed by atoms with van der Waals surface area (Å²) in [7, 11) is 0. The van der Waals surface area contributed by atoms with Crippen molar-refractivity contribution in [3.8, 4) is 5.75 Å². The van der Waals surface area contributed by atoms with Crippen molar-refractivity contribution in [2.75, 3.05) is 6.54 Å². The number of aromatic nitrogens is 1. The second-order valence-electron chi connectivity index (χ2n) is 3.31. The molecule has 1 aromatic rings. The largest absolute Gasteiger partial charge is 0.507 e. The normalized spacial score (nSPS) is 15.5. The second-order valence-corrected chi connectivity index (χ2v) is 3.31. The van der Waals surface area contributed by atoms with Gasteiger partial charge in [0.15, 0.2) is 0 Å². The lowest BCUT2D eigenvalue weighted by Crippen LogP contribution is -2.28. The van der Waals surface area contributed by atoms with E-state index in [-0.39, 0.29) is 11.3 Å². The van der Waals surface area contributed by atoms with Crippen LogP contribution in [0.2, 0.25) is 0 Å². The van der Waals surface area contributed by atoms with Gasteiger partial charge in [-0.2, -0.15) is 0 Å². The number of rotatable bonds is 0. The molecule has 2 heterocycles. The molecule has 2 rings (SSSR count). The SMILES string of the molecule is Cc1c(O)c2c([nH]c1=O)CNCC2. The van der Waals surface area contributed by atoms with Crippen molar-refractivity contribution in [1.82, 2.24) is 10.3 Å². The third-order valence-corrected chi connectivity index (χ3v) is 2.46. The third-order valence-electron chi connectivity index (χ3n) is 2.46. The Hall–Kier alpha value is -1.29. The Bertz CT molecular complexity index is 395. The number of nitrogens with one attached hydrogen (secondary N) is 2. The van der Waals surface area contributed by atoms with Gasteiger partial charge in [0.25, 0.3) is 5.56 Å². The fourth-order valence-electron chi connectivity index (χ4n) is 1.63. The molecule has 0 radical (unpaired) electrons. The van der Waals surface area contributed by atoms with Crippen molar-refractivity contribution < 1.29 is 5.11 Å². The van der Waals surface area contributed by atoms with Gasteiger partial charge in [-0.1, -0.05) is 0 Å². The van der Waals surface area contributed by atoms with Crippen LogP contribution < -0.4 is 10.9 Å². The minimum atomic E-state index is -0.194. The van der Waals surface area contributed by atoms with Gasteiger partial charge in [-0.05, 0) is 19.9 Å². The van der Waals surface area contributed by atoms with Gasteiger partial charge in [0, 0.05) is 17.8 Å². The average Bonchev–Trinajstić information content (AvgIpc) is 2.15. The monoisotopic (exact) mass is 180 g/mol. The van der Waals surface area contributed by atoms with Crippen LogP contribution in [-0.2, 0) is 13.0 Å². The zero-order valence-corrected chi connectivity index (χ0v) is 7.48. The molecule has 1 aromatic heterocycles. The van der Waals surface area contributed by atoms with Crippen molar-refractivity contribution in [2.45, 2.75) is 19.9 Å². The van der Waals surface area contributed by atoms with Crippen LogP contribution in [0.3, 0.4) is 0 Å². The fourth-order valence-corrected chi connectivity index (χ4v) is 1.63. The van der Waals surface area contributed by atoms with Gasteiger partial charge in [0.1, 0.15) is 5.75 Å². The first kappa shape index (κ1) is 8.31. The first-order chi connectivity index (χ1) is 6.20. The number of hydrogen-bond acceptors (Lipinski definition) is 3. The van der Waals surface area contributed by atoms with Gasteiger partial charge < -0.3 is 15.4 Å². The van der Waals surface area contributed by atoms with Crippen molar-refractivity contribution in [3.05, 3.63) is 27.2 Å². The molecule has 13 heavy (non-hydrogen) atoms. The van der Waals surface area contributed by atoms with Gasteiger partial charge in [-0.15, -0.1) is 0 Å². The van der Waals surface area contributed by atoms with E-state index < -0.39 is 0 Å². The Labute approximate surface area is 75.6 Å². The van der Waals surface area contributed by atoms with Crippen LogP contribution in [0, 0.1) is 6.92 Å². The molecular formula is C9H12N2O2. The summed E-state index contributed by atoms with van der Waals surface area (Å²) in [5.41, 5.74) is 1.93. The van der Waals surface area contributed by atoms with Gasteiger partial charge >= 0.3 is 0 Å². The van der Waals surface area contributed by atoms with Crippen LogP contribution in [0.5, 0.6) is 5.75 Å². The molecule has 0 saturated carbocycles. The zero-order valence-electron chi connectivity index (χ0n) is 7.48. The molecule has 4 nitrogen and oxygen atoms in total. The molecule has 1 aliphatic heterocycles. The van der Waals surface area contributed by atoms with E-state index in [0.29, 0.717) is 12.1 Å². The molecule has 0 aromatic carbocycles. The first-order valence-electron chi connectivity index (χ1n) is 4.34. The molecule has 0 bridgehead atoms. The molecule has 1 aliphatic rings. The third kappa shape index (κ3) is 1.23. The number of pyridine rings is 1. The number of aromatic hydroxyl groups is 1. The maximum absolute atomic E-state index is 11.3. The van der Waals surface area contributed by atoms with E-state index in [4.69, 9.17) is 0 Å². The van der Waals surface area contributed by atoms with Gasteiger partial charge in [0.2, 0.25) is 0 Å². The molecule has 70 valence electrons. The molecule has 3 N–H and O–H groups in total. The summed E-state index contributed by atoms with van der Waals surface area (Å²) >= 11 is 0. The average molecular weight is 180 g/mol. The minimum absolute atomic E-state index is 0.167. The maximum Gasteiger partial charge on any atom is 0.254 e. The highest BCUT2D eigenvalue weighted by Gasteiger charge is 2.16. The van der Waals surface area contributed by atoms with Crippen LogP contribution in [0.4, 0.5) is 0 Å². The highest BCUT2D eigenvalue weighted by molar-refractivity contribution is 5.41. The van der Waals surface area contributed by atoms with Crippen molar-refractivity contribution in [3.63, 3.8) is 0 Å². The van der Waals surface area contributed by atoms with Crippen LogP contribution in [-0.4, -0.2) is 16.6 Å². The molecule has 0 spiro atoms. The molecule has 0 atom stereocenters. The highest BCUT2D eigenvalue weighted by Crippen LogP contribution is 2.23. The predicted octanol–water partition coefficient (Wildman–Crippen LogP) is 0.0346. The summed E-state index contributed by atoms with van der Waals surface area (Å²) in [5.74, 6) is 0.167. The standard InChI is InChI=1S/C9H12N2O2/c1-5-8(12)6-2-3-10-4-7(6)11-9(5)13/h10H,2-4H2,1H3,(H2,11,12,13). The van der Waals surface area contributed by atoms with Crippen LogP contribution in [0.25, 0.3) is 0 Å². The van der Waals surface area contributed by atoms with E-state index in [0.717, 1.165) is 24.2 Å². The summed E-state index contributed by atoms with van der Waals surface area (Å²) in [6.45, 7) is 3.13. The summed E-state index contributed by atoms with van der Waals surface area (Å²) in [6, 6.07) is 0. The predicted molar refractivity (Wildman–Crippen MR) is 48.9 cm³/mol. The molecule has 0 aliphatic carbocycles. The molecule has 0 fully saturated rings. The Kier molecular flexibility index (Phi) is 1.84. The molecular weight excluding hydrogens is 168 g/mol. The maximum atomic E-state index is 11.3. The van der Waals surface area contributed by atoms with E-state index in [1.807, 2.05) is 0 Å². The number of H-pyrrole nitrogens is 1. The van der Waals surface area contributed by atoms with Crippen LogP contribution in [0.1, 0.15) is 16.8 Å². The van der Waals surface area contributed by atoms with E-state index >= 15 is 0 Å². The number of hydrogen-bond donors (Lipinski definition) is 3. The second kappa shape index (κ2) is 2.88. The minimum Gasteiger partial charge on any atom is -0.507 e. The van der Waals surface area contributed by atoms with Crippen molar-refractivity contribution in [1.29, 1.82) is 0 Å². The van der Waals surface area contributed by atoms with E-state index in [9.17, 15) is 9.90 Å². The topological polar surface area (TPSA) is 65.1 Å². The lowest BCUT2D eigenvalue weighted by molar-refractivity contribution is 0.452. The van der Waals surface area contributed by atoms with Crippen molar-refractivity contribution in [2.24, 2.45) is 0 Å². The number of aromatic amines is 1.